The van der Waals surface area contributed by atoms with E-state index in [2.05, 4.69) is 10.6 Å². The van der Waals surface area contributed by atoms with Crippen molar-refractivity contribution >= 4 is 11.4 Å². The van der Waals surface area contributed by atoms with Crippen molar-refractivity contribution in [3.05, 3.63) is 18.2 Å². The summed E-state index contributed by atoms with van der Waals surface area (Å²) in [5.41, 5.74) is 1.43. The molecule has 0 aliphatic heterocycles. The summed E-state index contributed by atoms with van der Waals surface area (Å²) in [6, 6.07) is 5.25. The van der Waals surface area contributed by atoms with Gasteiger partial charge in [-0.1, -0.05) is 6.07 Å². The predicted molar refractivity (Wildman–Crippen MR) is 77.7 cm³/mol. The van der Waals surface area contributed by atoms with Crippen LogP contribution >= 0.6 is 0 Å². The van der Waals surface area contributed by atoms with Gasteiger partial charge in [0.25, 0.3) is 0 Å². The van der Waals surface area contributed by atoms with Gasteiger partial charge in [0.05, 0.1) is 17.9 Å². The van der Waals surface area contributed by atoms with Crippen molar-refractivity contribution in [3.63, 3.8) is 0 Å². The average molecular weight is 268 g/mol. The van der Waals surface area contributed by atoms with E-state index in [1.165, 1.54) is 0 Å². The number of nitrogens with one attached hydrogen (secondary N) is 2. The lowest BCUT2D eigenvalue weighted by molar-refractivity contribution is 0.188. The third kappa shape index (κ3) is 5.81. The SMILES string of the molecule is CC(O)CCNc1cccc(O)c1NCCC(C)O. The molecular formula is C14H24N2O3. The molecule has 0 amide bonds. The van der Waals surface area contributed by atoms with Gasteiger partial charge >= 0.3 is 0 Å². The molecule has 2 atom stereocenters. The highest BCUT2D eigenvalue weighted by Crippen LogP contribution is 2.31. The van der Waals surface area contributed by atoms with E-state index in [0.717, 1.165) is 5.69 Å². The van der Waals surface area contributed by atoms with Crippen LogP contribution < -0.4 is 10.6 Å². The number of phenols is 1. The van der Waals surface area contributed by atoms with E-state index in [9.17, 15) is 15.3 Å². The van der Waals surface area contributed by atoms with Crippen LogP contribution in [0.2, 0.25) is 0 Å². The summed E-state index contributed by atoms with van der Waals surface area (Å²) in [5.74, 6) is 0.174. The van der Waals surface area contributed by atoms with Crippen molar-refractivity contribution in [1.82, 2.24) is 0 Å². The molecule has 0 aromatic heterocycles. The third-order valence-corrected chi connectivity index (χ3v) is 2.78. The zero-order valence-electron chi connectivity index (χ0n) is 11.6. The van der Waals surface area contributed by atoms with Gasteiger partial charge in [-0.2, -0.15) is 0 Å². The summed E-state index contributed by atoms with van der Waals surface area (Å²) in [5, 5.41) is 34.6. The maximum Gasteiger partial charge on any atom is 0.140 e. The Bertz CT molecular complexity index is 381. The minimum absolute atomic E-state index is 0.174. The molecule has 108 valence electrons. The maximum atomic E-state index is 9.85. The third-order valence-electron chi connectivity index (χ3n) is 2.78. The van der Waals surface area contributed by atoms with Gasteiger partial charge in [-0.15, -0.1) is 0 Å². The zero-order valence-corrected chi connectivity index (χ0v) is 11.6. The maximum absolute atomic E-state index is 9.85. The topological polar surface area (TPSA) is 84.8 Å². The van der Waals surface area contributed by atoms with Gasteiger partial charge in [-0.25, -0.2) is 0 Å². The summed E-state index contributed by atoms with van der Waals surface area (Å²) in [6.07, 6.45) is 0.533. The average Bonchev–Trinajstić information content (AvgIpc) is 2.31. The zero-order chi connectivity index (χ0) is 14.3. The summed E-state index contributed by atoms with van der Waals surface area (Å²) in [7, 11) is 0. The van der Waals surface area contributed by atoms with Gasteiger partial charge in [0.15, 0.2) is 0 Å². The molecule has 0 saturated heterocycles. The van der Waals surface area contributed by atoms with Gasteiger partial charge in [0.1, 0.15) is 11.4 Å². The first-order valence-electron chi connectivity index (χ1n) is 6.66. The smallest absolute Gasteiger partial charge is 0.140 e. The number of phenolic OH excluding ortho intramolecular Hbond substituents is 1. The lowest BCUT2D eigenvalue weighted by Crippen LogP contribution is -2.13. The molecule has 0 bridgehead atoms. The van der Waals surface area contributed by atoms with E-state index in [-0.39, 0.29) is 18.0 Å². The fourth-order valence-electron chi connectivity index (χ4n) is 1.70. The highest BCUT2D eigenvalue weighted by atomic mass is 16.3. The van der Waals surface area contributed by atoms with Crippen LogP contribution in [0.3, 0.4) is 0 Å². The summed E-state index contributed by atoms with van der Waals surface area (Å²) >= 11 is 0. The summed E-state index contributed by atoms with van der Waals surface area (Å²) in [4.78, 5) is 0. The number of anilines is 2. The Kier molecular flexibility index (Phi) is 6.45. The number of para-hydroxylation sites is 1. The number of aliphatic hydroxyl groups excluding tert-OH is 2. The van der Waals surface area contributed by atoms with Crippen molar-refractivity contribution in [2.45, 2.75) is 38.9 Å². The molecule has 2 unspecified atom stereocenters. The van der Waals surface area contributed by atoms with Crippen LogP contribution in [0.15, 0.2) is 18.2 Å². The standard InChI is InChI=1S/C14H24N2O3/c1-10(17)6-8-15-12-4-3-5-13(19)14(12)16-9-7-11(2)18/h3-5,10-11,15-19H,6-9H2,1-2H3. The van der Waals surface area contributed by atoms with E-state index in [1.54, 1.807) is 26.0 Å². The highest BCUT2D eigenvalue weighted by Gasteiger charge is 2.07. The first-order chi connectivity index (χ1) is 9.00. The second kappa shape index (κ2) is 7.86. The monoisotopic (exact) mass is 268 g/mol. The summed E-state index contributed by atoms with van der Waals surface area (Å²) in [6.45, 7) is 4.69. The van der Waals surface area contributed by atoms with Gasteiger partial charge in [-0.05, 0) is 38.8 Å². The number of aromatic hydroxyl groups is 1. The largest absolute Gasteiger partial charge is 0.506 e. The second-order valence-corrected chi connectivity index (χ2v) is 4.83. The van der Waals surface area contributed by atoms with E-state index in [1.807, 2.05) is 6.07 Å². The number of rotatable bonds is 8. The molecular weight excluding hydrogens is 244 g/mol. The lowest BCUT2D eigenvalue weighted by atomic mass is 10.2. The van der Waals surface area contributed by atoms with Crippen molar-refractivity contribution in [2.75, 3.05) is 23.7 Å². The van der Waals surface area contributed by atoms with Crippen LogP contribution in [0.4, 0.5) is 11.4 Å². The molecule has 0 radical (unpaired) electrons. The Balaban J connectivity index is 2.61. The molecule has 5 nitrogen and oxygen atoms in total. The van der Waals surface area contributed by atoms with E-state index in [4.69, 9.17) is 0 Å². The van der Waals surface area contributed by atoms with Gasteiger partial charge in [0, 0.05) is 13.1 Å². The molecule has 0 fully saturated rings. The fourth-order valence-corrected chi connectivity index (χ4v) is 1.70. The van der Waals surface area contributed by atoms with E-state index < -0.39 is 0 Å². The number of hydrogen-bond acceptors (Lipinski definition) is 5. The predicted octanol–water partition coefficient (Wildman–Crippen LogP) is 1.76. The van der Waals surface area contributed by atoms with Crippen LogP contribution in [0.1, 0.15) is 26.7 Å². The van der Waals surface area contributed by atoms with Crippen LogP contribution in [-0.2, 0) is 0 Å². The Morgan fingerprint density at radius 3 is 2.16 bits per heavy atom. The molecule has 1 aromatic carbocycles. The van der Waals surface area contributed by atoms with Crippen LogP contribution in [0.5, 0.6) is 5.75 Å². The van der Waals surface area contributed by atoms with Crippen molar-refractivity contribution in [1.29, 1.82) is 0 Å². The molecule has 19 heavy (non-hydrogen) atoms. The van der Waals surface area contributed by atoms with Gasteiger partial charge in [-0.3, -0.25) is 0 Å². The Morgan fingerprint density at radius 1 is 1.00 bits per heavy atom. The minimum Gasteiger partial charge on any atom is -0.506 e. The van der Waals surface area contributed by atoms with Crippen molar-refractivity contribution in [3.8, 4) is 5.75 Å². The normalized spacial score (nSPS) is 13.9. The second-order valence-electron chi connectivity index (χ2n) is 4.83. The number of aliphatic hydroxyl groups is 2. The molecule has 0 aliphatic carbocycles. The molecule has 1 aromatic rings. The highest BCUT2D eigenvalue weighted by molar-refractivity contribution is 5.75. The molecule has 0 aliphatic rings. The molecule has 5 N–H and O–H groups in total. The first-order valence-corrected chi connectivity index (χ1v) is 6.66. The quantitative estimate of drug-likeness (QED) is 0.464. The van der Waals surface area contributed by atoms with Crippen molar-refractivity contribution < 1.29 is 15.3 Å². The lowest BCUT2D eigenvalue weighted by Gasteiger charge is -2.16. The van der Waals surface area contributed by atoms with Crippen molar-refractivity contribution in [2.24, 2.45) is 0 Å². The summed E-state index contributed by atoms with van der Waals surface area (Å²) < 4.78 is 0. The van der Waals surface area contributed by atoms with Gasteiger partial charge < -0.3 is 26.0 Å². The number of benzene rings is 1. The Hall–Kier alpha value is -1.46. The molecule has 0 spiro atoms. The first kappa shape index (κ1) is 15.6. The van der Waals surface area contributed by atoms with Gasteiger partial charge in [0.2, 0.25) is 0 Å². The van der Waals surface area contributed by atoms with E-state index >= 15 is 0 Å². The fraction of sp³-hybridized carbons (Fsp3) is 0.571. The molecule has 0 heterocycles. The Morgan fingerprint density at radius 2 is 1.58 bits per heavy atom. The molecule has 0 saturated carbocycles. The van der Waals surface area contributed by atoms with Crippen LogP contribution in [0.25, 0.3) is 0 Å². The molecule has 1 rings (SSSR count). The van der Waals surface area contributed by atoms with Crippen LogP contribution in [-0.4, -0.2) is 40.6 Å². The molecule has 5 heteroatoms. The van der Waals surface area contributed by atoms with E-state index in [0.29, 0.717) is 31.6 Å². The van der Waals surface area contributed by atoms with Crippen LogP contribution in [0, 0.1) is 0 Å². The number of hydrogen-bond donors (Lipinski definition) is 5. The minimum atomic E-state index is -0.370. The Labute approximate surface area is 114 Å².